The normalized spacial score (nSPS) is 12.1. The number of aliphatic carboxylic acids is 1. The van der Waals surface area contributed by atoms with Gasteiger partial charge in [-0.2, -0.15) is 0 Å². The molecule has 2 aromatic carbocycles. The topological polar surface area (TPSA) is 37.3 Å². The molecule has 0 radical (unpaired) electrons. The van der Waals surface area contributed by atoms with E-state index < -0.39 is 11.9 Å². The summed E-state index contributed by atoms with van der Waals surface area (Å²) in [6.45, 7) is 1.97. The van der Waals surface area contributed by atoms with Gasteiger partial charge in [0.2, 0.25) is 0 Å². The monoisotopic (exact) mass is 350 g/mol. The molecule has 0 heterocycles. The Labute approximate surface area is 131 Å². The van der Waals surface area contributed by atoms with Crippen molar-refractivity contribution in [2.75, 3.05) is 0 Å². The first-order valence-corrected chi connectivity index (χ1v) is 7.47. The smallest absolute Gasteiger partial charge is 0.307 e. The molecule has 2 aromatic rings. The SMILES string of the molecule is Cc1cccc(CC(Cc2ccc(Br)cc2F)C(=O)O)c1. The Morgan fingerprint density at radius 2 is 2.00 bits per heavy atom. The van der Waals surface area contributed by atoms with Crippen LogP contribution in [-0.2, 0) is 17.6 Å². The third kappa shape index (κ3) is 4.39. The van der Waals surface area contributed by atoms with E-state index in [0.717, 1.165) is 11.1 Å². The molecule has 4 heteroatoms. The summed E-state index contributed by atoms with van der Waals surface area (Å²) in [4.78, 5) is 11.4. The number of hydrogen-bond acceptors (Lipinski definition) is 1. The summed E-state index contributed by atoms with van der Waals surface area (Å²) in [6.07, 6.45) is 0.578. The van der Waals surface area contributed by atoms with Crippen molar-refractivity contribution in [3.63, 3.8) is 0 Å². The molecule has 1 atom stereocenters. The summed E-state index contributed by atoms with van der Waals surface area (Å²) < 4.78 is 14.5. The predicted molar refractivity (Wildman–Crippen MR) is 83.8 cm³/mol. The number of halogens is 2. The van der Waals surface area contributed by atoms with Gasteiger partial charge in [-0.15, -0.1) is 0 Å². The van der Waals surface area contributed by atoms with E-state index in [1.165, 1.54) is 6.07 Å². The van der Waals surface area contributed by atoms with Crippen LogP contribution in [0.15, 0.2) is 46.9 Å². The van der Waals surface area contributed by atoms with Gasteiger partial charge in [-0.3, -0.25) is 4.79 Å². The molecule has 0 amide bonds. The minimum absolute atomic E-state index is 0.183. The van der Waals surface area contributed by atoms with Crippen LogP contribution >= 0.6 is 15.9 Å². The van der Waals surface area contributed by atoms with Crippen LogP contribution in [-0.4, -0.2) is 11.1 Å². The number of carbonyl (C=O) groups is 1. The first-order valence-electron chi connectivity index (χ1n) is 6.68. The van der Waals surface area contributed by atoms with E-state index in [9.17, 15) is 14.3 Å². The van der Waals surface area contributed by atoms with Gasteiger partial charge in [0, 0.05) is 4.47 Å². The molecule has 0 aliphatic carbocycles. The second-order valence-electron chi connectivity index (χ2n) is 5.17. The first kappa shape index (κ1) is 15.7. The molecule has 0 fully saturated rings. The van der Waals surface area contributed by atoms with Gasteiger partial charge in [-0.05, 0) is 43.0 Å². The standard InChI is InChI=1S/C17H16BrFO2/c1-11-3-2-4-12(7-11)8-14(17(20)21)9-13-5-6-15(18)10-16(13)19/h2-7,10,14H,8-9H2,1H3,(H,20,21). The van der Waals surface area contributed by atoms with Gasteiger partial charge >= 0.3 is 5.97 Å². The molecule has 2 nitrogen and oxygen atoms in total. The second-order valence-corrected chi connectivity index (χ2v) is 6.08. The zero-order valence-electron chi connectivity index (χ0n) is 11.6. The highest BCUT2D eigenvalue weighted by Gasteiger charge is 2.20. The fraction of sp³-hybridized carbons (Fsp3) is 0.235. The highest BCUT2D eigenvalue weighted by Crippen LogP contribution is 2.21. The van der Waals surface area contributed by atoms with E-state index in [4.69, 9.17) is 0 Å². The minimum Gasteiger partial charge on any atom is -0.481 e. The van der Waals surface area contributed by atoms with Gasteiger partial charge in [0.25, 0.3) is 0 Å². The number of carboxylic acids is 1. The lowest BCUT2D eigenvalue weighted by atomic mass is 9.92. The van der Waals surface area contributed by atoms with Crippen LogP contribution < -0.4 is 0 Å². The number of benzene rings is 2. The molecule has 2 rings (SSSR count). The highest BCUT2D eigenvalue weighted by atomic mass is 79.9. The van der Waals surface area contributed by atoms with E-state index in [0.29, 0.717) is 16.5 Å². The summed E-state index contributed by atoms with van der Waals surface area (Å²) in [5, 5.41) is 9.38. The highest BCUT2D eigenvalue weighted by molar-refractivity contribution is 9.10. The summed E-state index contributed by atoms with van der Waals surface area (Å²) in [5.74, 6) is -1.92. The van der Waals surface area contributed by atoms with Crippen LogP contribution in [0, 0.1) is 18.7 Å². The molecular formula is C17H16BrFO2. The summed E-state index contributed by atoms with van der Waals surface area (Å²) >= 11 is 3.20. The van der Waals surface area contributed by atoms with E-state index in [1.54, 1.807) is 12.1 Å². The summed E-state index contributed by atoms with van der Waals surface area (Å²) in [5.41, 5.74) is 2.48. The van der Waals surface area contributed by atoms with Crippen molar-refractivity contribution in [1.82, 2.24) is 0 Å². The van der Waals surface area contributed by atoms with Gasteiger partial charge < -0.3 is 5.11 Å². The third-order valence-electron chi connectivity index (χ3n) is 3.40. The lowest BCUT2D eigenvalue weighted by Gasteiger charge is -2.13. The Hall–Kier alpha value is -1.68. The van der Waals surface area contributed by atoms with Gasteiger partial charge in [0.05, 0.1) is 5.92 Å². The largest absolute Gasteiger partial charge is 0.481 e. The van der Waals surface area contributed by atoms with E-state index >= 15 is 0 Å². The zero-order chi connectivity index (χ0) is 15.4. The molecule has 110 valence electrons. The van der Waals surface area contributed by atoms with Gasteiger partial charge in [-0.1, -0.05) is 51.8 Å². The van der Waals surface area contributed by atoms with Crippen molar-refractivity contribution in [3.8, 4) is 0 Å². The Bertz CT molecular complexity index is 655. The Morgan fingerprint density at radius 1 is 1.24 bits per heavy atom. The molecule has 0 saturated heterocycles. The van der Waals surface area contributed by atoms with E-state index in [-0.39, 0.29) is 12.2 Å². The molecule has 21 heavy (non-hydrogen) atoms. The number of hydrogen-bond donors (Lipinski definition) is 1. The molecule has 0 spiro atoms. The fourth-order valence-corrected chi connectivity index (χ4v) is 2.66. The number of rotatable bonds is 5. The van der Waals surface area contributed by atoms with Crippen LogP contribution in [0.4, 0.5) is 4.39 Å². The van der Waals surface area contributed by atoms with Crippen LogP contribution in [0.5, 0.6) is 0 Å². The molecular weight excluding hydrogens is 335 g/mol. The quantitative estimate of drug-likeness (QED) is 0.868. The molecule has 1 unspecified atom stereocenters. The van der Waals surface area contributed by atoms with Crippen molar-refractivity contribution in [1.29, 1.82) is 0 Å². The van der Waals surface area contributed by atoms with Gasteiger partial charge in [0.15, 0.2) is 0 Å². The molecule has 0 aliphatic heterocycles. The lowest BCUT2D eigenvalue weighted by molar-refractivity contribution is -0.141. The zero-order valence-corrected chi connectivity index (χ0v) is 13.2. The Morgan fingerprint density at radius 3 is 2.62 bits per heavy atom. The molecule has 1 N–H and O–H groups in total. The lowest BCUT2D eigenvalue weighted by Crippen LogP contribution is -2.19. The van der Waals surface area contributed by atoms with Gasteiger partial charge in [0.1, 0.15) is 5.82 Å². The van der Waals surface area contributed by atoms with Crippen molar-refractivity contribution in [2.24, 2.45) is 5.92 Å². The first-order chi connectivity index (χ1) is 9.95. The average molecular weight is 351 g/mol. The van der Waals surface area contributed by atoms with Crippen LogP contribution in [0.25, 0.3) is 0 Å². The predicted octanol–water partition coefficient (Wildman–Crippen LogP) is 4.38. The number of aryl methyl sites for hydroxylation is 1. The molecule has 0 aromatic heterocycles. The van der Waals surface area contributed by atoms with Gasteiger partial charge in [-0.25, -0.2) is 4.39 Å². The number of carboxylic acid groups (broad SMARTS) is 1. The van der Waals surface area contributed by atoms with Crippen LogP contribution in [0.2, 0.25) is 0 Å². The maximum atomic E-state index is 13.9. The Balaban J connectivity index is 2.18. The molecule has 0 bridgehead atoms. The maximum Gasteiger partial charge on any atom is 0.307 e. The minimum atomic E-state index is -0.904. The van der Waals surface area contributed by atoms with Crippen molar-refractivity contribution >= 4 is 21.9 Å². The van der Waals surface area contributed by atoms with Crippen LogP contribution in [0.3, 0.4) is 0 Å². The Kier molecular flexibility index (Phi) is 5.12. The van der Waals surface area contributed by atoms with E-state index in [2.05, 4.69) is 15.9 Å². The van der Waals surface area contributed by atoms with Crippen LogP contribution in [0.1, 0.15) is 16.7 Å². The van der Waals surface area contributed by atoms with Crippen molar-refractivity contribution < 1.29 is 14.3 Å². The second kappa shape index (κ2) is 6.85. The van der Waals surface area contributed by atoms with Crippen molar-refractivity contribution in [3.05, 3.63) is 69.4 Å². The van der Waals surface area contributed by atoms with E-state index in [1.807, 2.05) is 31.2 Å². The molecule has 0 saturated carbocycles. The third-order valence-corrected chi connectivity index (χ3v) is 3.89. The fourth-order valence-electron chi connectivity index (χ4n) is 2.32. The molecule has 0 aliphatic rings. The average Bonchev–Trinajstić information content (AvgIpc) is 2.40. The maximum absolute atomic E-state index is 13.9. The summed E-state index contributed by atoms with van der Waals surface area (Å²) in [7, 11) is 0. The summed E-state index contributed by atoms with van der Waals surface area (Å²) in [6, 6.07) is 12.5. The van der Waals surface area contributed by atoms with Crippen molar-refractivity contribution in [2.45, 2.75) is 19.8 Å².